The van der Waals surface area contributed by atoms with E-state index in [2.05, 4.69) is 12.2 Å². The molecule has 5 heteroatoms. The van der Waals surface area contributed by atoms with E-state index in [-0.39, 0.29) is 11.9 Å². The molecule has 0 bridgehead atoms. The van der Waals surface area contributed by atoms with Crippen molar-refractivity contribution in [1.29, 1.82) is 0 Å². The largest absolute Gasteiger partial charge is 0.397 e. The fourth-order valence-corrected chi connectivity index (χ4v) is 3.55. The molecule has 1 aromatic carbocycles. The highest BCUT2D eigenvalue weighted by Crippen LogP contribution is 2.37. The minimum atomic E-state index is -0.108. The fourth-order valence-electron chi connectivity index (χ4n) is 2.17. The van der Waals surface area contributed by atoms with Crippen molar-refractivity contribution in [2.24, 2.45) is 0 Å². The number of anilines is 1. The van der Waals surface area contributed by atoms with Gasteiger partial charge < -0.3 is 11.1 Å². The number of carbonyl (C=O) groups excluding carboxylic acids is 1. The Labute approximate surface area is 128 Å². The Morgan fingerprint density at radius 3 is 2.90 bits per heavy atom. The number of halogens is 1. The molecule has 0 saturated heterocycles. The van der Waals surface area contributed by atoms with Crippen LogP contribution >= 0.6 is 22.9 Å². The third-order valence-corrected chi connectivity index (χ3v) is 4.76. The number of nitrogen functional groups attached to an aromatic ring is 1. The van der Waals surface area contributed by atoms with E-state index in [1.165, 1.54) is 11.3 Å². The van der Waals surface area contributed by atoms with Crippen LogP contribution in [0.1, 0.15) is 42.8 Å². The van der Waals surface area contributed by atoms with Crippen LogP contribution in [0, 0.1) is 0 Å². The van der Waals surface area contributed by atoms with Crippen LogP contribution in [0.3, 0.4) is 0 Å². The van der Waals surface area contributed by atoms with Gasteiger partial charge in [-0.15, -0.1) is 11.3 Å². The lowest BCUT2D eigenvalue weighted by Crippen LogP contribution is -2.32. The second kappa shape index (κ2) is 6.46. The van der Waals surface area contributed by atoms with Crippen molar-refractivity contribution in [3.05, 3.63) is 28.1 Å². The zero-order valence-electron chi connectivity index (χ0n) is 11.7. The highest BCUT2D eigenvalue weighted by Gasteiger charge is 2.19. The average molecular weight is 311 g/mol. The van der Waals surface area contributed by atoms with Gasteiger partial charge in [0.2, 0.25) is 0 Å². The van der Waals surface area contributed by atoms with Crippen molar-refractivity contribution in [3.63, 3.8) is 0 Å². The molecular weight excluding hydrogens is 292 g/mol. The molecule has 1 amide bonds. The summed E-state index contributed by atoms with van der Waals surface area (Å²) in [5.74, 6) is -0.108. The van der Waals surface area contributed by atoms with E-state index in [1.807, 2.05) is 19.1 Å². The Morgan fingerprint density at radius 1 is 1.50 bits per heavy atom. The summed E-state index contributed by atoms with van der Waals surface area (Å²) < 4.78 is 0.946. The zero-order valence-corrected chi connectivity index (χ0v) is 13.3. The van der Waals surface area contributed by atoms with Crippen molar-refractivity contribution in [3.8, 4) is 0 Å². The van der Waals surface area contributed by atoms with Gasteiger partial charge in [0.15, 0.2) is 0 Å². The number of amides is 1. The second-order valence-corrected chi connectivity index (χ2v) is 6.43. The van der Waals surface area contributed by atoms with Crippen LogP contribution in [0.25, 0.3) is 10.1 Å². The Bertz CT molecular complexity index is 624. The Balaban J connectivity index is 2.22. The lowest BCUT2D eigenvalue weighted by Gasteiger charge is -2.12. The minimum absolute atomic E-state index is 0.108. The molecular formula is C15H19ClN2OS. The van der Waals surface area contributed by atoms with Gasteiger partial charge in [-0.05, 0) is 25.5 Å². The number of fused-ring (bicyclic) bond motifs is 1. The molecule has 3 N–H and O–H groups in total. The van der Waals surface area contributed by atoms with Gasteiger partial charge in [-0.25, -0.2) is 0 Å². The maximum atomic E-state index is 12.3. The van der Waals surface area contributed by atoms with Crippen molar-refractivity contribution >= 4 is 44.6 Å². The molecule has 2 rings (SSSR count). The molecule has 1 aromatic heterocycles. The number of thiophene rings is 1. The molecule has 1 atom stereocenters. The maximum Gasteiger partial charge on any atom is 0.263 e. The van der Waals surface area contributed by atoms with Crippen LogP contribution < -0.4 is 11.1 Å². The van der Waals surface area contributed by atoms with E-state index in [9.17, 15) is 4.79 Å². The monoisotopic (exact) mass is 310 g/mol. The van der Waals surface area contributed by atoms with E-state index in [1.54, 1.807) is 6.07 Å². The van der Waals surface area contributed by atoms with Gasteiger partial charge in [0.05, 0.1) is 10.7 Å². The Kier molecular flexibility index (Phi) is 4.89. The van der Waals surface area contributed by atoms with Crippen LogP contribution in [-0.4, -0.2) is 11.9 Å². The van der Waals surface area contributed by atoms with Gasteiger partial charge in [-0.3, -0.25) is 4.79 Å². The molecule has 0 spiro atoms. The van der Waals surface area contributed by atoms with E-state index < -0.39 is 0 Å². The lowest BCUT2D eigenvalue weighted by atomic mass is 10.1. The zero-order chi connectivity index (χ0) is 14.7. The molecule has 3 nitrogen and oxygen atoms in total. The summed E-state index contributed by atoms with van der Waals surface area (Å²) in [4.78, 5) is 12.8. The third-order valence-electron chi connectivity index (χ3n) is 3.28. The first kappa shape index (κ1) is 15.1. The van der Waals surface area contributed by atoms with Gasteiger partial charge in [-0.2, -0.15) is 0 Å². The summed E-state index contributed by atoms with van der Waals surface area (Å²) in [6.07, 6.45) is 3.21. The summed E-state index contributed by atoms with van der Waals surface area (Å²) in [6.45, 7) is 4.16. The molecule has 0 saturated carbocycles. The van der Waals surface area contributed by atoms with E-state index in [4.69, 9.17) is 17.3 Å². The van der Waals surface area contributed by atoms with E-state index in [0.29, 0.717) is 15.6 Å². The highest BCUT2D eigenvalue weighted by atomic mass is 35.5. The summed E-state index contributed by atoms with van der Waals surface area (Å²) >= 11 is 7.54. The number of benzene rings is 1. The van der Waals surface area contributed by atoms with Crippen LogP contribution in [0.2, 0.25) is 5.02 Å². The van der Waals surface area contributed by atoms with Crippen LogP contribution in [0.4, 0.5) is 5.69 Å². The van der Waals surface area contributed by atoms with Gasteiger partial charge >= 0.3 is 0 Å². The number of nitrogens with one attached hydrogen (secondary N) is 1. The number of hydrogen-bond acceptors (Lipinski definition) is 3. The van der Waals surface area contributed by atoms with Crippen LogP contribution in [0.15, 0.2) is 18.2 Å². The smallest absolute Gasteiger partial charge is 0.263 e. The van der Waals surface area contributed by atoms with Gasteiger partial charge in [-0.1, -0.05) is 37.4 Å². The predicted molar refractivity (Wildman–Crippen MR) is 87.7 cm³/mol. The highest BCUT2D eigenvalue weighted by molar-refractivity contribution is 7.21. The first-order valence-corrected chi connectivity index (χ1v) is 8.01. The number of hydrogen-bond donors (Lipinski definition) is 2. The summed E-state index contributed by atoms with van der Waals surface area (Å²) in [6, 6.07) is 5.74. The average Bonchev–Trinajstić information content (AvgIpc) is 2.75. The van der Waals surface area contributed by atoms with E-state index in [0.717, 1.165) is 29.3 Å². The first-order chi connectivity index (χ1) is 9.54. The van der Waals surface area contributed by atoms with E-state index >= 15 is 0 Å². The molecule has 20 heavy (non-hydrogen) atoms. The SMILES string of the molecule is CCCCC(C)NC(=O)c1sc2cccc(Cl)c2c1N. The molecule has 108 valence electrons. The van der Waals surface area contributed by atoms with Crippen LogP contribution in [-0.2, 0) is 0 Å². The number of rotatable bonds is 5. The molecule has 2 aromatic rings. The summed E-state index contributed by atoms with van der Waals surface area (Å²) in [7, 11) is 0. The quantitative estimate of drug-likeness (QED) is 0.857. The molecule has 1 unspecified atom stereocenters. The summed E-state index contributed by atoms with van der Waals surface area (Å²) in [5, 5.41) is 4.38. The number of unbranched alkanes of at least 4 members (excludes halogenated alkanes) is 1. The molecule has 0 radical (unpaired) electrons. The molecule has 0 fully saturated rings. The molecule has 1 heterocycles. The Morgan fingerprint density at radius 2 is 2.25 bits per heavy atom. The minimum Gasteiger partial charge on any atom is -0.397 e. The first-order valence-electron chi connectivity index (χ1n) is 6.82. The van der Waals surface area contributed by atoms with Gasteiger partial charge in [0.1, 0.15) is 4.88 Å². The van der Waals surface area contributed by atoms with Crippen molar-refractivity contribution in [2.45, 2.75) is 39.2 Å². The van der Waals surface area contributed by atoms with Gasteiger partial charge in [0, 0.05) is 16.1 Å². The third kappa shape index (κ3) is 3.07. The van der Waals surface area contributed by atoms with Crippen molar-refractivity contribution in [2.75, 3.05) is 5.73 Å². The van der Waals surface area contributed by atoms with Crippen molar-refractivity contribution < 1.29 is 4.79 Å². The van der Waals surface area contributed by atoms with Gasteiger partial charge in [0.25, 0.3) is 5.91 Å². The molecule has 0 aliphatic rings. The topological polar surface area (TPSA) is 55.1 Å². The second-order valence-electron chi connectivity index (χ2n) is 4.97. The lowest BCUT2D eigenvalue weighted by molar-refractivity contribution is 0.0943. The number of nitrogens with two attached hydrogens (primary N) is 1. The van der Waals surface area contributed by atoms with Crippen LogP contribution in [0.5, 0.6) is 0 Å². The maximum absolute atomic E-state index is 12.3. The summed E-state index contributed by atoms with van der Waals surface area (Å²) in [5.41, 5.74) is 6.56. The predicted octanol–water partition coefficient (Wildman–Crippen LogP) is 4.45. The molecule has 0 aliphatic heterocycles. The normalized spacial score (nSPS) is 12.6. The van der Waals surface area contributed by atoms with Crippen molar-refractivity contribution in [1.82, 2.24) is 5.32 Å². The molecule has 0 aliphatic carbocycles. The number of carbonyl (C=O) groups is 1. The standard InChI is InChI=1S/C15H19ClN2OS/c1-3-4-6-9(2)18-15(19)14-13(17)12-10(16)7-5-8-11(12)20-14/h5,7-9H,3-4,6,17H2,1-2H3,(H,18,19). The Hall–Kier alpha value is -1.26. The fraction of sp³-hybridized carbons (Fsp3) is 0.400.